The first kappa shape index (κ1) is 33.5. The summed E-state index contributed by atoms with van der Waals surface area (Å²) in [6, 6.07) is -0.849. The quantitative estimate of drug-likeness (QED) is 0.125. The van der Waals surface area contributed by atoms with Gasteiger partial charge in [0, 0.05) is 30.4 Å². The van der Waals surface area contributed by atoms with Gasteiger partial charge in [0.05, 0.1) is 25.3 Å². The summed E-state index contributed by atoms with van der Waals surface area (Å²) in [4.78, 5) is 58.9. The van der Waals surface area contributed by atoms with Crippen molar-refractivity contribution >= 4 is 63.9 Å². The molecule has 0 saturated carbocycles. The van der Waals surface area contributed by atoms with Crippen molar-refractivity contribution in [3.63, 3.8) is 0 Å². The number of β-lactam (4-membered cyclic amide) rings is 1. The minimum Gasteiger partial charge on any atom is -0.434 e. The number of nitrogens with two attached hydrogens (primary N) is 1. The van der Waals surface area contributed by atoms with Gasteiger partial charge in [-0.25, -0.2) is 19.3 Å². The first-order valence-electron chi connectivity index (χ1n) is 13.7. The van der Waals surface area contributed by atoms with Gasteiger partial charge in [0.1, 0.15) is 17.1 Å². The molecule has 4 rings (SSSR count). The number of nitrogens with one attached hydrogen (secondary N) is 1. The fourth-order valence-electron chi connectivity index (χ4n) is 4.10. The summed E-state index contributed by atoms with van der Waals surface area (Å²) >= 11 is 3.94. The molecule has 0 radical (unpaired) electrons. The second-order valence-corrected chi connectivity index (χ2v) is 13.5. The number of amides is 2. The Morgan fingerprint density at radius 3 is 2.70 bits per heavy atom. The lowest BCUT2D eigenvalue weighted by Gasteiger charge is -2.49. The number of carbonyl (C=O) groups is 4. The molecule has 1 fully saturated rings. The molecule has 1 unspecified atom stereocenters. The third-order valence-corrected chi connectivity index (χ3v) is 9.28. The number of nitrogens with zero attached hydrogens (tertiary/aromatic N) is 7. The van der Waals surface area contributed by atoms with Crippen LogP contribution in [0.25, 0.3) is 0 Å². The summed E-state index contributed by atoms with van der Waals surface area (Å²) in [6.07, 6.45) is -2.30. The largest absolute Gasteiger partial charge is 0.511 e. The maximum atomic E-state index is 13.5. The molecule has 4 heterocycles. The minimum atomic E-state index is -1.28. The number of thioether (sulfide) groups is 2. The molecule has 240 valence electrons. The zero-order chi connectivity index (χ0) is 32.0. The summed E-state index contributed by atoms with van der Waals surface area (Å²) in [5, 5.41) is 16.7. The Morgan fingerprint density at radius 1 is 1.25 bits per heavy atom. The number of nitrogen functional groups attached to an aromatic ring is 1. The standard InChI is InChI=1S/C25H35N9O7S3/c1-13(2)9-39-25(38)41-14(3)40-22(37)19-15(11-44-24-29-30-31-33(24)7-6-32(4)5)10-42-21-18(20(36)34(19)21)28-17(35)8-16-12-43-23(26)27-16/h12-14,18,21H,6-11H2,1-5H3,(H2,26,27)(H,28,35)/t14?,18-,21+/m1/s1. The third-order valence-electron chi connectivity index (χ3n) is 6.17. The van der Waals surface area contributed by atoms with E-state index in [1.807, 2.05) is 32.8 Å². The highest BCUT2D eigenvalue weighted by Gasteiger charge is 2.54. The molecular weight excluding hydrogens is 635 g/mol. The Kier molecular flexibility index (Phi) is 11.4. The molecule has 19 heteroatoms. The lowest BCUT2D eigenvalue weighted by atomic mass is 10.0. The summed E-state index contributed by atoms with van der Waals surface area (Å²) in [7, 11) is 3.89. The minimum absolute atomic E-state index is 0.0299. The molecule has 2 aromatic heterocycles. The number of fused-ring (bicyclic) bond motifs is 1. The number of hydrogen-bond donors (Lipinski definition) is 2. The van der Waals surface area contributed by atoms with Crippen LogP contribution in [0, 0.1) is 5.92 Å². The molecular formula is C25H35N9O7S3. The monoisotopic (exact) mass is 669 g/mol. The van der Waals surface area contributed by atoms with Crippen LogP contribution in [-0.4, -0.2) is 115 Å². The Labute approximate surface area is 266 Å². The smallest absolute Gasteiger partial charge is 0.434 e. The molecule has 0 spiro atoms. The Hall–Kier alpha value is -3.42. The molecule has 44 heavy (non-hydrogen) atoms. The van der Waals surface area contributed by atoms with Crippen molar-refractivity contribution in [1.82, 2.24) is 40.3 Å². The van der Waals surface area contributed by atoms with E-state index in [-0.39, 0.29) is 30.4 Å². The van der Waals surface area contributed by atoms with E-state index in [0.29, 0.717) is 33.9 Å². The van der Waals surface area contributed by atoms with Crippen molar-refractivity contribution in [2.75, 3.05) is 44.5 Å². The Bertz CT molecular complexity index is 1400. The van der Waals surface area contributed by atoms with Gasteiger partial charge >= 0.3 is 12.1 Å². The van der Waals surface area contributed by atoms with Gasteiger partial charge in [-0.1, -0.05) is 25.6 Å². The number of carbonyl (C=O) groups excluding carboxylic acids is 4. The van der Waals surface area contributed by atoms with Crippen LogP contribution in [0.15, 0.2) is 21.8 Å². The number of rotatable bonds is 14. The molecule has 3 atom stereocenters. The highest BCUT2D eigenvalue weighted by Crippen LogP contribution is 2.42. The molecule has 0 aliphatic carbocycles. The molecule has 0 aromatic carbocycles. The first-order valence-corrected chi connectivity index (χ1v) is 16.6. The number of thiazole rings is 1. The number of esters is 1. The molecule has 2 aliphatic rings. The van der Waals surface area contributed by atoms with Crippen LogP contribution in [0.2, 0.25) is 0 Å². The zero-order valence-electron chi connectivity index (χ0n) is 24.9. The van der Waals surface area contributed by atoms with Crippen molar-refractivity contribution in [2.24, 2.45) is 5.92 Å². The normalized spacial score (nSPS) is 18.6. The predicted octanol–water partition coefficient (Wildman–Crippen LogP) is 0.961. The van der Waals surface area contributed by atoms with Gasteiger partial charge in [-0.2, -0.15) is 0 Å². The van der Waals surface area contributed by atoms with Crippen LogP contribution in [0.3, 0.4) is 0 Å². The number of aromatic nitrogens is 5. The molecule has 1 saturated heterocycles. The van der Waals surface area contributed by atoms with Crippen LogP contribution in [0.5, 0.6) is 0 Å². The van der Waals surface area contributed by atoms with Gasteiger partial charge in [0.15, 0.2) is 5.13 Å². The van der Waals surface area contributed by atoms with Crippen LogP contribution in [0.1, 0.15) is 26.5 Å². The van der Waals surface area contributed by atoms with Crippen molar-refractivity contribution in [2.45, 2.75) is 56.6 Å². The maximum Gasteiger partial charge on any atom is 0.511 e. The zero-order valence-corrected chi connectivity index (χ0v) is 27.4. The lowest BCUT2D eigenvalue weighted by Crippen LogP contribution is -2.70. The van der Waals surface area contributed by atoms with Crippen LogP contribution < -0.4 is 11.1 Å². The van der Waals surface area contributed by atoms with E-state index in [1.54, 1.807) is 10.1 Å². The van der Waals surface area contributed by atoms with Crippen LogP contribution >= 0.6 is 34.9 Å². The van der Waals surface area contributed by atoms with Gasteiger partial charge < -0.3 is 30.2 Å². The summed E-state index contributed by atoms with van der Waals surface area (Å²) in [5.41, 5.74) is 6.79. The average Bonchev–Trinajstić information content (AvgIpc) is 3.59. The highest BCUT2D eigenvalue weighted by atomic mass is 32.2. The van der Waals surface area contributed by atoms with Gasteiger partial charge in [-0.15, -0.1) is 28.2 Å². The number of tetrazole rings is 1. The molecule has 0 bridgehead atoms. The predicted molar refractivity (Wildman–Crippen MR) is 162 cm³/mol. The second-order valence-electron chi connectivity index (χ2n) is 10.6. The van der Waals surface area contributed by atoms with Crippen molar-refractivity contribution < 1.29 is 33.4 Å². The van der Waals surface area contributed by atoms with Gasteiger partial charge in [-0.05, 0) is 36.0 Å². The van der Waals surface area contributed by atoms with Crippen molar-refractivity contribution in [3.05, 3.63) is 22.3 Å². The molecule has 16 nitrogen and oxygen atoms in total. The lowest BCUT2D eigenvalue weighted by molar-refractivity contribution is -0.169. The Balaban J connectivity index is 1.48. The Morgan fingerprint density at radius 2 is 2.02 bits per heavy atom. The van der Waals surface area contributed by atoms with Crippen molar-refractivity contribution in [3.8, 4) is 0 Å². The van der Waals surface area contributed by atoms with E-state index >= 15 is 0 Å². The number of likely N-dealkylation sites (N-methyl/N-ethyl adjacent to an activating group) is 1. The SMILES string of the molecule is CC(C)COC(=O)OC(C)OC(=O)C1=C(CSc2nnnn2CCN(C)C)CS[C@H]2[C@H](NC(=O)Cc3csc(N)n3)C(=O)N12. The van der Waals surface area contributed by atoms with Crippen molar-refractivity contribution in [1.29, 1.82) is 0 Å². The van der Waals surface area contributed by atoms with Gasteiger partial charge in [0.25, 0.3) is 5.91 Å². The topological polar surface area (TPSA) is 197 Å². The van der Waals surface area contributed by atoms with Gasteiger partial charge in [0.2, 0.25) is 17.4 Å². The van der Waals surface area contributed by atoms with Crippen LogP contribution in [-0.2, 0) is 41.6 Å². The van der Waals surface area contributed by atoms with E-state index in [1.165, 1.54) is 46.7 Å². The van der Waals surface area contributed by atoms with E-state index in [4.69, 9.17) is 19.9 Å². The van der Waals surface area contributed by atoms with E-state index in [2.05, 4.69) is 25.8 Å². The summed E-state index contributed by atoms with van der Waals surface area (Å²) in [6.45, 7) is 6.55. The average molecular weight is 670 g/mol. The number of ether oxygens (including phenoxy) is 3. The molecule has 3 N–H and O–H groups in total. The van der Waals surface area contributed by atoms with Gasteiger partial charge in [-0.3, -0.25) is 14.5 Å². The second kappa shape index (κ2) is 15.0. The summed E-state index contributed by atoms with van der Waals surface area (Å²) in [5.74, 6) is -0.968. The first-order chi connectivity index (χ1) is 20.9. The number of hydrogen-bond acceptors (Lipinski definition) is 16. The highest BCUT2D eigenvalue weighted by molar-refractivity contribution is 8.01. The molecule has 2 amide bonds. The van der Waals surface area contributed by atoms with E-state index in [9.17, 15) is 19.2 Å². The molecule has 2 aliphatic heterocycles. The third kappa shape index (κ3) is 8.60. The molecule has 2 aromatic rings. The van der Waals surface area contributed by atoms with Crippen LogP contribution in [0.4, 0.5) is 9.93 Å². The van der Waals surface area contributed by atoms with E-state index < -0.39 is 41.6 Å². The maximum absolute atomic E-state index is 13.5. The fourth-order valence-corrected chi connectivity index (χ4v) is 7.05. The number of anilines is 1. The summed E-state index contributed by atoms with van der Waals surface area (Å²) < 4.78 is 17.2. The fraction of sp³-hybridized carbons (Fsp3) is 0.600. The van der Waals surface area contributed by atoms with E-state index in [0.717, 1.165) is 6.54 Å².